The summed E-state index contributed by atoms with van der Waals surface area (Å²) in [6.45, 7) is 3.84. The highest BCUT2D eigenvalue weighted by Gasteiger charge is 2.33. The van der Waals surface area contributed by atoms with Crippen LogP contribution >= 0.6 is 0 Å². The maximum Gasteiger partial charge on any atom is 0.416 e. The van der Waals surface area contributed by atoms with Crippen LogP contribution in [0.3, 0.4) is 0 Å². The van der Waals surface area contributed by atoms with Gasteiger partial charge < -0.3 is 5.73 Å². The normalized spacial score (nSPS) is 22.3. The van der Waals surface area contributed by atoms with E-state index in [1.54, 1.807) is 0 Å². The van der Waals surface area contributed by atoms with Crippen LogP contribution in [0.4, 0.5) is 17.6 Å². The summed E-state index contributed by atoms with van der Waals surface area (Å²) in [5, 5.41) is 0. The Morgan fingerprint density at radius 1 is 1.33 bits per heavy atom. The first-order valence-corrected chi connectivity index (χ1v) is 7.13. The Kier molecular flexibility index (Phi) is 4.88. The van der Waals surface area contributed by atoms with Crippen molar-refractivity contribution in [1.82, 2.24) is 4.90 Å². The third kappa shape index (κ3) is 3.95. The monoisotopic (exact) mass is 304 g/mol. The lowest BCUT2D eigenvalue weighted by Gasteiger charge is -2.37. The predicted molar refractivity (Wildman–Crippen MR) is 73.2 cm³/mol. The molecule has 0 aromatic heterocycles. The average Bonchev–Trinajstić information content (AvgIpc) is 2.38. The Bertz CT molecular complexity index is 487. The third-order valence-corrected chi connectivity index (χ3v) is 3.98. The molecule has 2 unspecified atom stereocenters. The first-order valence-electron chi connectivity index (χ1n) is 7.13. The molecule has 0 aliphatic carbocycles. The van der Waals surface area contributed by atoms with Gasteiger partial charge in [-0.25, -0.2) is 4.39 Å². The highest BCUT2D eigenvalue weighted by Crippen LogP contribution is 2.33. The van der Waals surface area contributed by atoms with Crippen molar-refractivity contribution in [2.45, 2.75) is 32.0 Å². The lowest BCUT2D eigenvalue weighted by Crippen LogP contribution is -2.40. The van der Waals surface area contributed by atoms with E-state index in [1.165, 1.54) is 0 Å². The minimum Gasteiger partial charge on any atom is -0.329 e. The van der Waals surface area contributed by atoms with E-state index < -0.39 is 17.6 Å². The van der Waals surface area contributed by atoms with E-state index in [0.29, 0.717) is 17.5 Å². The van der Waals surface area contributed by atoms with Gasteiger partial charge in [0, 0.05) is 19.1 Å². The molecule has 2 rings (SSSR count). The van der Waals surface area contributed by atoms with E-state index >= 15 is 0 Å². The molecular formula is C15H20F4N2. The first kappa shape index (κ1) is 16.2. The van der Waals surface area contributed by atoms with Gasteiger partial charge in [-0.3, -0.25) is 4.90 Å². The summed E-state index contributed by atoms with van der Waals surface area (Å²) in [5.74, 6) is -0.397. The van der Waals surface area contributed by atoms with Crippen molar-refractivity contribution in [3.05, 3.63) is 35.1 Å². The number of hydrogen-bond acceptors (Lipinski definition) is 2. The Hall–Kier alpha value is -1.14. The summed E-state index contributed by atoms with van der Waals surface area (Å²) in [4.78, 5) is 2.06. The lowest BCUT2D eigenvalue weighted by molar-refractivity contribution is -0.137. The van der Waals surface area contributed by atoms with Crippen molar-refractivity contribution in [3.8, 4) is 0 Å². The molecule has 21 heavy (non-hydrogen) atoms. The molecule has 0 saturated carbocycles. The van der Waals surface area contributed by atoms with Crippen LogP contribution in [-0.2, 0) is 6.18 Å². The number of likely N-dealkylation sites (tertiary alicyclic amines) is 1. The zero-order valence-corrected chi connectivity index (χ0v) is 12.0. The van der Waals surface area contributed by atoms with Gasteiger partial charge >= 0.3 is 6.18 Å². The van der Waals surface area contributed by atoms with Crippen LogP contribution in [0.1, 0.15) is 36.9 Å². The zero-order valence-electron chi connectivity index (χ0n) is 12.0. The van der Waals surface area contributed by atoms with Crippen LogP contribution in [0.15, 0.2) is 18.2 Å². The highest BCUT2D eigenvalue weighted by atomic mass is 19.4. The maximum absolute atomic E-state index is 13.5. The second-order valence-corrected chi connectivity index (χ2v) is 5.76. The Morgan fingerprint density at radius 3 is 2.62 bits per heavy atom. The largest absolute Gasteiger partial charge is 0.416 e. The summed E-state index contributed by atoms with van der Waals surface area (Å²) in [6, 6.07) is 2.33. The quantitative estimate of drug-likeness (QED) is 0.865. The molecule has 1 saturated heterocycles. The number of alkyl halides is 3. The van der Waals surface area contributed by atoms with Crippen molar-refractivity contribution in [1.29, 1.82) is 0 Å². The van der Waals surface area contributed by atoms with Gasteiger partial charge in [-0.05, 0) is 49.1 Å². The van der Waals surface area contributed by atoms with Gasteiger partial charge in [0.25, 0.3) is 0 Å². The molecule has 0 bridgehead atoms. The molecule has 2 nitrogen and oxygen atoms in total. The third-order valence-electron chi connectivity index (χ3n) is 3.98. The molecule has 1 aromatic carbocycles. The molecule has 1 aliphatic rings. The van der Waals surface area contributed by atoms with Gasteiger partial charge in [0.2, 0.25) is 0 Å². The summed E-state index contributed by atoms with van der Waals surface area (Å²) < 4.78 is 52.0. The van der Waals surface area contributed by atoms with Crippen LogP contribution in [0.25, 0.3) is 0 Å². The number of nitrogens with zero attached hydrogens (tertiary/aromatic N) is 1. The Labute approximate surface area is 121 Å². The molecule has 1 fully saturated rings. The van der Waals surface area contributed by atoms with Crippen molar-refractivity contribution >= 4 is 0 Å². The fraction of sp³-hybridized carbons (Fsp3) is 0.600. The zero-order chi connectivity index (χ0) is 15.6. The van der Waals surface area contributed by atoms with E-state index in [1.807, 2.05) is 0 Å². The Morgan fingerprint density at radius 2 is 2.05 bits per heavy atom. The molecule has 0 radical (unpaired) electrons. The molecular weight excluding hydrogens is 284 g/mol. The van der Waals surface area contributed by atoms with Gasteiger partial charge in [0.1, 0.15) is 5.82 Å². The van der Waals surface area contributed by atoms with E-state index in [-0.39, 0.29) is 12.6 Å². The number of hydrogen-bond donors (Lipinski definition) is 1. The molecule has 118 valence electrons. The van der Waals surface area contributed by atoms with Gasteiger partial charge in [-0.1, -0.05) is 6.92 Å². The first-order chi connectivity index (χ1) is 9.81. The fourth-order valence-corrected chi connectivity index (χ4v) is 2.97. The van der Waals surface area contributed by atoms with Crippen LogP contribution in [0.2, 0.25) is 0 Å². The number of halogens is 4. The van der Waals surface area contributed by atoms with Crippen LogP contribution in [0.5, 0.6) is 0 Å². The van der Waals surface area contributed by atoms with Gasteiger partial charge in [-0.15, -0.1) is 0 Å². The highest BCUT2D eigenvalue weighted by molar-refractivity contribution is 5.29. The van der Waals surface area contributed by atoms with Crippen LogP contribution in [-0.4, -0.2) is 24.5 Å². The standard InChI is InChI=1S/C15H20F4N2/c1-10-3-2-4-21(9-10)14(8-20)11-5-12(15(17,18)19)7-13(16)6-11/h5-7,10,14H,2-4,8-9,20H2,1H3. The number of benzene rings is 1. The van der Waals surface area contributed by atoms with E-state index in [4.69, 9.17) is 5.73 Å². The molecule has 2 N–H and O–H groups in total. The minimum absolute atomic E-state index is 0.174. The number of rotatable bonds is 3. The molecule has 0 spiro atoms. The second-order valence-electron chi connectivity index (χ2n) is 5.76. The smallest absolute Gasteiger partial charge is 0.329 e. The molecule has 2 atom stereocenters. The summed E-state index contributed by atoms with van der Waals surface area (Å²) in [7, 11) is 0. The van der Waals surface area contributed by atoms with Crippen LogP contribution in [0, 0.1) is 11.7 Å². The average molecular weight is 304 g/mol. The van der Waals surface area contributed by atoms with Crippen molar-refractivity contribution in [3.63, 3.8) is 0 Å². The molecule has 1 aromatic rings. The van der Waals surface area contributed by atoms with E-state index in [0.717, 1.165) is 38.1 Å². The van der Waals surface area contributed by atoms with Crippen molar-refractivity contribution in [2.75, 3.05) is 19.6 Å². The topological polar surface area (TPSA) is 29.3 Å². The fourth-order valence-electron chi connectivity index (χ4n) is 2.97. The van der Waals surface area contributed by atoms with E-state index in [9.17, 15) is 17.6 Å². The molecule has 0 amide bonds. The number of piperidine rings is 1. The second kappa shape index (κ2) is 6.32. The summed E-state index contributed by atoms with van der Waals surface area (Å²) >= 11 is 0. The lowest BCUT2D eigenvalue weighted by atomic mass is 9.95. The summed E-state index contributed by atoms with van der Waals surface area (Å²) in [5.41, 5.74) is 5.09. The molecule has 1 aliphatic heterocycles. The van der Waals surface area contributed by atoms with Gasteiger partial charge in [0.15, 0.2) is 0 Å². The van der Waals surface area contributed by atoms with Gasteiger partial charge in [-0.2, -0.15) is 13.2 Å². The maximum atomic E-state index is 13.5. The minimum atomic E-state index is -4.55. The van der Waals surface area contributed by atoms with Gasteiger partial charge in [0.05, 0.1) is 5.56 Å². The summed E-state index contributed by atoms with van der Waals surface area (Å²) in [6.07, 6.45) is -2.46. The Balaban J connectivity index is 2.31. The molecule has 6 heteroatoms. The predicted octanol–water partition coefficient (Wildman–Crippen LogP) is 3.58. The number of nitrogens with two attached hydrogens (primary N) is 1. The van der Waals surface area contributed by atoms with E-state index in [2.05, 4.69) is 11.8 Å². The molecule has 1 heterocycles. The van der Waals surface area contributed by atoms with Crippen molar-refractivity contribution < 1.29 is 17.6 Å². The van der Waals surface area contributed by atoms with Crippen LogP contribution < -0.4 is 5.73 Å². The van der Waals surface area contributed by atoms with Crippen molar-refractivity contribution in [2.24, 2.45) is 11.7 Å². The SMILES string of the molecule is CC1CCCN(C(CN)c2cc(F)cc(C(F)(F)F)c2)C1.